The first-order valence-corrected chi connectivity index (χ1v) is 6.84. The van der Waals surface area contributed by atoms with Gasteiger partial charge < -0.3 is 0 Å². The minimum absolute atomic E-state index is 0.0958. The molecular weight excluding hydrogens is 266 g/mol. The second-order valence-corrected chi connectivity index (χ2v) is 5.47. The minimum Gasteiger partial charge on any atom is -0.271 e. The Hall–Kier alpha value is -2.24. The Morgan fingerprint density at radius 3 is 2.84 bits per heavy atom. The third-order valence-corrected chi connectivity index (χ3v) is 3.96. The van der Waals surface area contributed by atoms with Gasteiger partial charge in [0.2, 0.25) is 10.0 Å². The summed E-state index contributed by atoms with van der Waals surface area (Å²) in [4.78, 5) is 3.60. The summed E-state index contributed by atoms with van der Waals surface area (Å²) in [5.41, 5.74) is 0.589. The number of hydrogen-bond donors (Lipinski definition) is 1. The first-order valence-electron chi connectivity index (χ1n) is 5.36. The van der Waals surface area contributed by atoms with Crippen LogP contribution in [0.3, 0.4) is 0 Å². The largest absolute Gasteiger partial charge is 0.271 e. The van der Waals surface area contributed by atoms with Crippen molar-refractivity contribution in [1.82, 2.24) is 19.5 Å². The molecule has 0 saturated heterocycles. The predicted molar refractivity (Wildman–Crippen MR) is 66.2 cm³/mol. The maximum absolute atomic E-state index is 12.1. The lowest BCUT2D eigenvalue weighted by Crippen LogP contribution is -2.25. The van der Waals surface area contributed by atoms with Crippen LogP contribution >= 0.6 is 0 Å². The van der Waals surface area contributed by atoms with E-state index in [4.69, 9.17) is 5.26 Å². The first-order chi connectivity index (χ1) is 9.04. The van der Waals surface area contributed by atoms with E-state index in [0.717, 1.165) is 0 Å². The van der Waals surface area contributed by atoms with E-state index in [1.54, 1.807) is 30.1 Å². The molecule has 2 heterocycles. The molecule has 0 amide bonds. The van der Waals surface area contributed by atoms with Crippen LogP contribution in [0.5, 0.6) is 0 Å². The average molecular weight is 277 g/mol. The SMILES string of the molecule is Cn1nccc1CNS(=O)(=O)c1cccnc1C#N. The zero-order chi connectivity index (χ0) is 13.9. The van der Waals surface area contributed by atoms with Gasteiger partial charge in [-0.3, -0.25) is 4.68 Å². The number of rotatable bonds is 4. The molecule has 2 aromatic rings. The van der Waals surface area contributed by atoms with Gasteiger partial charge in [0.05, 0.1) is 12.2 Å². The van der Waals surface area contributed by atoms with Gasteiger partial charge in [-0.1, -0.05) is 0 Å². The van der Waals surface area contributed by atoms with Crippen molar-refractivity contribution in [2.24, 2.45) is 7.05 Å². The predicted octanol–water partition coefficient (Wildman–Crippen LogP) is 0.165. The van der Waals surface area contributed by atoms with Crippen LogP contribution in [0.25, 0.3) is 0 Å². The molecule has 2 aromatic heterocycles. The molecule has 8 heteroatoms. The summed E-state index contributed by atoms with van der Waals surface area (Å²) in [6.07, 6.45) is 2.95. The van der Waals surface area contributed by atoms with Crippen molar-refractivity contribution in [3.63, 3.8) is 0 Å². The highest BCUT2D eigenvalue weighted by molar-refractivity contribution is 7.89. The Kier molecular flexibility index (Phi) is 3.59. The molecule has 0 saturated carbocycles. The Labute approximate surface area is 110 Å². The third-order valence-electron chi connectivity index (χ3n) is 2.53. The highest BCUT2D eigenvalue weighted by Gasteiger charge is 2.19. The molecule has 2 rings (SSSR count). The Morgan fingerprint density at radius 2 is 2.21 bits per heavy atom. The van der Waals surface area contributed by atoms with Crippen LogP contribution in [0.1, 0.15) is 11.4 Å². The van der Waals surface area contributed by atoms with Crippen molar-refractivity contribution >= 4 is 10.0 Å². The zero-order valence-corrected chi connectivity index (χ0v) is 10.9. The monoisotopic (exact) mass is 277 g/mol. The topological polar surface area (TPSA) is 101 Å². The Morgan fingerprint density at radius 1 is 1.42 bits per heavy atom. The molecule has 0 aliphatic carbocycles. The summed E-state index contributed by atoms with van der Waals surface area (Å²) in [6, 6.07) is 6.28. The van der Waals surface area contributed by atoms with Gasteiger partial charge in [0, 0.05) is 19.4 Å². The van der Waals surface area contributed by atoms with Crippen molar-refractivity contribution in [3.8, 4) is 6.07 Å². The molecule has 19 heavy (non-hydrogen) atoms. The second kappa shape index (κ2) is 5.17. The lowest BCUT2D eigenvalue weighted by atomic mass is 10.4. The number of nitrogens with zero attached hydrogens (tertiary/aromatic N) is 4. The highest BCUT2D eigenvalue weighted by Crippen LogP contribution is 2.12. The Balaban J connectivity index is 2.24. The number of nitriles is 1. The fourth-order valence-corrected chi connectivity index (χ4v) is 2.62. The lowest BCUT2D eigenvalue weighted by Gasteiger charge is -2.07. The quantitative estimate of drug-likeness (QED) is 0.858. The fourth-order valence-electron chi connectivity index (χ4n) is 1.51. The van der Waals surface area contributed by atoms with Gasteiger partial charge in [-0.05, 0) is 18.2 Å². The van der Waals surface area contributed by atoms with Crippen molar-refractivity contribution < 1.29 is 8.42 Å². The summed E-state index contributed by atoms with van der Waals surface area (Å²) in [6.45, 7) is 0.0958. The van der Waals surface area contributed by atoms with Gasteiger partial charge in [0.1, 0.15) is 11.0 Å². The molecule has 0 aliphatic heterocycles. The van der Waals surface area contributed by atoms with Crippen LogP contribution in [0, 0.1) is 11.3 Å². The van der Waals surface area contributed by atoms with Crippen molar-refractivity contribution in [1.29, 1.82) is 5.26 Å². The van der Waals surface area contributed by atoms with E-state index in [9.17, 15) is 8.42 Å². The smallest absolute Gasteiger partial charge is 0.243 e. The summed E-state index contributed by atoms with van der Waals surface area (Å²) >= 11 is 0. The summed E-state index contributed by atoms with van der Waals surface area (Å²) in [7, 11) is -2.06. The van der Waals surface area contributed by atoms with E-state index in [1.165, 1.54) is 18.3 Å². The van der Waals surface area contributed by atoms with Crippen molar-refractivity contribution in [2.45, 2.75) is 11.4 Å². The molecule has 0 spiro atoms. The zero-order valence-electron chi connectivity index (χ0n) is 10.1. The summed E-state index contributed by atoms with van der Waals surface area (Å²) in [5.74, 6) is 0. The molecule has 0 bridgehead atoms. The van der Waals surface area contributed by atoms with Crippen molar-refractivity contribution in [2.75, 3.05) is 0 Å². The molecule has 7 nitrogen and oxygen atoms in total. The molecule has 98 valence electrons. The van der Waals surface area contributed by atoms with E-state index >= 15 is 0 Å². The molecule has 0 aliphatic rings. The van der Waals surface area contributed by atoms with E-state index in [2.05, 4.69) is 14.8 Å². The average Bonchev–Trinajstić information content (AvgIpc) is 2.82. The molecule has 0 aromatic carbocycles. The number of pyridine rings is 1. The summed E-state index contributed by atoms with van der Waals surface area (Å²) < 4.78 is 28.2. The number of sulfonamides is 1. The van der Waals surface area contributed by atoms with E-state index in [-0.39, 0.29) is 17.1 Å². The second-order valence-electron chi connectivity index (χ2n) is 3.73. The molecular formula is C11H11N5O2S. The van der Waals surface area contributed by atoms with Gasteiger partial charge in [-0.25, -0.2) is 18.1 Å². The highest BCUT2D eigenvalue weighted by atomic mass is 32.2. The molecule has 0 atom stereocenters. The van der Waals surface area contributed by atoms with Crippen LogP contribution < -0.4 is 4.72 Å². The maximum atomic E-state index is 12.1. The number of nitrogens with one attached hydrogen (secondary N) is 1. The van der Waals surface area contributed by atoms with Gasteiger partial charge in [0.15, 0.2) is 5.69 Å². The number of aryl methyl sites for hydroxylation is 1. The third kappa shape index (κ3) is 2.78. The van der Waals surface area contributed by atoms with Crippen molar-refractivity contribution in [3.05, 3.63) is 42.0 Å². The number of aromatic nitrogens is 3. The van der Waals surface area contributed by atoms with Gasteiger partial charge in [-0.2, -0.15) is 10.4 Å². The van der Waals surface area contributed by atoms with Crippen LogP contribution in [-0.2, 0) is 23.6 Å². The van der Waals surface area contributed by atoms with Crippen LogP contribution in [0.15, 0.2) is 35.5 Å². The van der Waals surface area contributed by atoms with Gasteiger partial charge >= 0.3 is 0 Å². The normalized spacial score (nSPS) is 11.2. The van der Waals surface area contributed by atoms with E-state index in [0.29, 0.717) is 5.69 Å². The van der Waals surface area contributed by atoms with Crippen LogP contribution in [0.4, 0.5) is 0 Å². The fraction of sp³-hybridized carbons (Fsp3) is 0.182. The van der Waals surface area contributed by atoms with E-state index in [1.807, 2.05) is 0 Å². The molecule has 1 N–H and O–H groups in total. The first kappa shape index (κ1) is 13.2. The maximum Gasteiger partial charge on any atom is 0.243 e. The summed E-state index contributed by atoms with van der Waals surface area (Å²) in [5, 5.41) is 12.8. The Bertz CT molecular complexity index is 730. The minimum atomic E-state index is -3.77. The lowest BCUT2D eigenvalue weighted by molar-refractivity contribution is 0.576. The molecule has 0 radical (unpaired) electrons. The van der Waals surface area contributed by atoms with Gasteiger partial charge in [0.25, 0.3) is 0 Å². The van der Waals surface area contributed by atoms with Crippen LogP contribution in [-0.4, -0.2) is 23.2 Å². The van der Waals surface area contributed by atoms with Gasteiger partial charge in [-0.15, -0.1) is 0 Å². The number of hydrogen-bond acceptors (Lipinski definition) is 5. The van der Waals surface area contributed by atoms with E-state index < -0.39 is 10.0 Å². The standard InChI is InChI=1S/C11H11N5O2S/c1-16-9(4-6-14-16)8-15-19(17,18)11-3-2-5-13-10(11)7-12/h2-6,15H,8H2,1H3. The molecule has 0 unspecified atom stereocenters. The van der Waals surface area contributed by atoms with Crippen LogP contribution in [0.2, 0.25) is 0 Å². The molecule has 0 fully saturated rings.